The van der Waals surface area contributed by atoms with Crippen LogP contribution < -0.4 is 0 Å². The molecule has 0 amide bonds. The number of nitrogens with zero attached hydrogens (tertiary/aromatic N) is 1. The van der Waals surface area contributed by atoms with Gasteiger partial charge in [-0.25, -0.2) is 16.8 Å². The van der Waals surface area contributed by atoms with Crippen molar-refractivity contribution in [3.63, 3.8) is 0 Å². The third kappa shape index (κ3) is 2.03. The minimum atomic E-state index is -3.80. The molecule has 20 heavy (non-hydrogen) atoms. The molecule has 0 aliphatic carbocycles. The van der Waals surface area contributed by atoms with E-state index in [9.17, 15) is 12.8 Å². The second-order valence-electron chi connectivity index (χ2n) is 4.23. The lowest BCUT2D eigenvalue weighted by atomic mass is 10.2. The zero-order valence-electron chi connectivity index (χ0n) is 10.1. The van der Waals surface area contributed by atoms with E-state index >= 15 is 0 Å². The van der Waals surface area contributed by atoms with Crippen molar-refractivity contribution < 1.29 is 12.8 Å². The first kappa shape index (κ1) is 13.6. The van der Waals surface area contributed by atoms with Gasteiger partial charge in [0, 0.05) is 15.2 Å². The molecular formula is C14H9FINO2S. The number of hydrogen-bond acceptors (Lipinski definition) is 2. The maximum atomic E-state index is 14.0. The molecule has 0 aliphatic heterocycles. The van der Waals surface area contributed by atoms with Gasteiger partial charge in [0.2, 0.25) is 0 Å². The Bertz CT molecular complexity index is 888. The molecule has 3 aromatic rings. The van der Waals surface area contributed by atoms with Gasteiger partial charge in [0.1, 0.15) is 11.3 Å². The third-order valence-corrected chi connectivity index (χ3v) is 5.53. The first-order valence-corrected chi connectivity index (χ1v) is 8.29. The first-order valence-electron chi connectivity index (χ1n) is 5.77. The maximum Gasteiger partial charge on any atom is 0.268 e. The number of benzene rings is 2. The second-order valence-corrected chi connectivity index (χ2v) is 7.20. The highest BCUT2D eigenvalue weighted by Crippen LogP contribution is 2.28. The predicted octanol–water partition coefficient (Wildman–Crippen LogP) is 3.62. The van der Waals surface area contributed by atoms with Crippen molar-refractivity contribution in [2.75, 3.05) is 0 Å². The fourth-order valence-corrected chi connectivity index (χ4v) is 4.37. The lowest BCUT2D eigenvalue weighted by Gasteiger charge is -2.07. The molecule has 0 spiro atoms. The smallest absolute Gasteiger partial charge is 0.237 e. The number of fused-ring (bicyclic) bond motifs is 1. The third-order valence-electron chi connectivity index (χ3n) is 3.00. The van der Waals surface area contributed by atoms with E-state index in [2.05, 4.69) is 0 Å². The Kier molecular flexibility index (Phi) is 3.29. The molecule has 0 N–H and O–H groups in total. The number of halogens is 2. The fourth-order valence-electron chi connectivity index (χ4n) is 2.06. The molecule has 0 fully saturated rings. The molecule has 0 unspecified atom stereocenters. The average molecular weight is 401 g/mol. The Labute approximate surface area is 129 Å². The fraction of sp³-hybridized carbons (Fsp3) is 0. The van der Waals surface area contributed by atoms with Gasteiger partial charge < -0.3 is 0 Å². The molecule has 3 nitrogen and oxygen atoms in total. The van der Waals surface area contributed by atoms with Gasteiger partial charge in [-0.1, -0.05) is 30.3 Å². The van der Waals surface area contributed by atoms with E-state index in [-0.39, 0.29) is 10.4 Å². The predicted molar refractivity (Wildman–Crippen MR) is 83.6 cm³/mol. The van der Waals surface area contributed by atoms with Crippen LogP contribution in [0.4, 0.5) is 4.39 Å². The molecule has 1 aromatic heterocycles. The molecule has 6 heteroatoms. The molecule has 0 saturated heterocycles. The van der Waals surface area contributed by atoms with Gasteiger partial charge in [-0.2, -0.15) is 0 Å². The van der Waals surface area contributed by atoms with Crippen molar-refractivity contribution in [1.82, 2.24) is 3.97 Å². The van der Waals surface area contributed by atoms with Crippen LogP contribution >= 0.6 is 22.6 Å². The van der Waals surface area contributed by atoms with Crippen LogP contribution in [0.1, 0.15) is 0 Å². The molecule has 0 saturated carbocycles. The van der Waals surface area contributed by atoms with Crippen molar-refractivity contribution in [2.45, 2.75) is 4.90 Å². The van der Waals surface area contributed by atoms with Crippen molar-refractivity contribution in [3.05, 3.63) is 64.1 Å². The number of rotatable bonds is 2. The van der Waals surface area contributed by atoms with Gasteiger partial charge in [-0.05, 0) is 40.8 Å². The molecule has 0 aliphatic rings. The van der Waals surface area contributed by atoms with Gasteiger partial charge in [0.25, 0.3) is 10.0 Å². The van der Waals surface area contributed by atoms with Crippen LogP contribution in [-0.4, -0.2) is 12.4 Å². The van der Waals surface area contributed by atoms with Crippen molar-refractivity contribution in [3.8, 4) is 0 Å². The van der Waals surface area contributed by atoms with E-state index in [0.29, 0.717) is 8.96 Å². The topological polar surface area (TPSA) is 39.1 Å². The van der Waals surface area contributed by atoms with Gasteiger partial charge in [0.05, 0.1) is 4.90 Å². The Morgan fingerprint density at radius 3 is 2.40 bits per heavy atom. The highest BCUT2D eigenvalue weighted by Gasteiger charge is 2.22. The quantitative estimate of drug-likeness (QED) is 0.616. The highest BCUT2D eigenvalue weighted by atomic mass is 127. The van der Waals surface area contributed by atoms with Gasteiger partial charge in [-0.3, -0.25) is 0 Å². The maximum absolute atomic E-state index is 14.0. The zero-order chi connectivity index (χ0) is 14.3. The summed E-state index contributed by atoms with van der Waals surface area (Å²) in [4.78, 5) is 0.136. The molecule has 1 heterocycles. The molecule has 2 aromatic carbocycles. The van der Waals surface area contributed by atoms with E-state index in [4.69, 9.17) is 0 Å². The largest absolute Gasteiger partial charge is 0.268 e. The molecule has 102 valence electrons. The van der Waals surface area contributed by atoms with Gasteiger partial charge in [-0.15, -0.1) is 0 Å². The minimum Gasteiger partial charge on any atom is -0.237 e. The summed E-state index contributed by atoms with van der Waals surface area (Å²) in [6.45, 7) is 0. The summed E-state index contributed by atoms with van der Waals surface area (Å²) in [6, 6.07) is 12.5. The standard InChI is InChI=1S/C14H9FINO2S/c15-12-8-4-7-11-13(16)9-17(14(11)12)20(18,19)10-5-2-1-3-6-10/h1-9H. The normalized spacial score (nSPS) is 11.9. The molecule has 0 bridgehead atoms. The summed E-state index contributed by atoms with van der Waals surface area (Å²) < 4.78 is 40.9. The molecule has 0 atom stereocenters. The monoisotopic (exact) mass is 401 g/mol. The van der Waals surface area contributed by atoms with E-state index in [0.717, 1.165) is 3.97 Å². The van der Waals surface area contributed by atoms with E-state index < -0.39 is 15.8 Å². The van der Waals surface area contributed by atoms with Crippen LogP contribution in [0.5, 0.6) is 0 Å². The summed E-state index contributed by atoms with van der Waals surface area (Å²) in [5.74, 6) is -0.551. The molecular weight excluding hydrogens is 392 g/mol. The SMILES string of the molecule is O=S(=O)(c1ccccc1)n1cc(I)c2cccc(F)c21. The summed E-state index contributed by atoms with van der Waals surface area (Å²) in [5, 5.41) is 0.588. The van der Waals surface area contributed by atoms with E-state index in [1.165, 1.54) is 24.4 Å². The first-order chi connectivity index (χ1) is 9.51. The van der Waals surface area contributed by atoms with Crippen LogP contribution in [0.3, 0.4) is 0 Å². The Balaban J connectivity index is 2.36. The van der Waals surface area contributed by atoms with Gasteiger partial charge >= 0.3 is 0 Å². The van der Waals surface area contributed by atoms with Crippen LogP contribution in [0.15, 0.2) is 59.6 Å². The summed E-state index contributed by atoms with van der Waals surface area (Å²) in [6.07, 6.45) is 1.44. The number of hydrogen-bond donors (Lipinski definition) is 0. The second kappa shape index (κ2) is 4.85. The van der Waals surface area contributed by atoms with Crippen molar-refractivity contribution in [2.24, 2.45) is 0 Å². The zero-order valence-corrected chi connectivity index (χ0v) is 13.1. The van der Waals surface area contributed by atoms with Crippen LogP contribution in [0.25, 0.3) is 10.9 Å². The Morgan fingerprint density at radius 1 is 1.00 bits per heavy atom. The average Bonchev–Trinajstić information content (AvgIpc) is 2.80. The van der Waals surface area contributed by atoms with Crippen molar-refractivity contribution in [1.29, 1.82) is 0 Å². The minimum absolute atomic E-state index is 0.0840. The van der Waals surface area contributed by atoms with Crippen molar-refractivity contribution >= 4 is 43.5 Å². The van der Waals surface area contributed by atoms with Crippen LogP contribution in [-0.2, 0) is 10.0 Å². The van der Waals surface area contributed by atoms with Crippen LogP contribution in [0.2, 0.25) is 0 Å². The van der Waals surface area contributed by atoms with E-state index in [1.807, 2.05) is 22.6 Å². The van der Waals surface area contributed by atoms with E-state index in [1.54, 1.807) is 30.3 Å². The number of aromatic nitrogens is 1. The number of para-hydroxylation sites is 1. The summed E-state index contributed by atoms with van der Waals surface area (Å²) >= 11 is 2.00. The Morgan fingerprint density at radius 2 is 1.70 bits per heavy atom. The lowest BCUT2D eigenvalue weighted by molar-refractivity contribution is 0.586. The summed E-state index contributed by atoms with van der Waals surface area (Å²) in [7, 11) is -3.80. The van der Waals surface area contributed by atoms with Gasteiger partial charge in [0.15, 0.2) is 0 Å². The lowest BCUT2D eigenvalue weighted by Crippen LogP contribution is -2.12. The molecule has 3 rings (SSSR count). The molecule has 0 radical (unpaired) electrons. The summed E-state index contributed by atoms with van der Waals surface area (Å²) in [5.41, 5.74) is 0.0840. The van der Waals surface area contributed by atoms with Crippen LogP contribution in [0, 0.1) is 9.39 Å². The highest BCUT2D eigenvalue weighted by molar-refractivity contribution is 14.1. The Hall–Kier alpha value is -1.41.